The second-order valence-electron chi connectivity index (χ2n) is 4.12. The highest BCUT2D eigenvalue weighted by Crippen LogP contribution is 2.18. The van der Waals surface area contributed by atoms with Crippen molar-refractivity contribution in [3.05, 3.63) is 35.2 Å². The Kier molecular flexibility index (Phi) is 3.08. The first kappa shape index (κ1) is 11.6. The Morgan fingerprint density at radius 2 is 2.06 bits per heavy atom. The lowest BCUT2D eigenvalue weighted by molar-refractivity contribution is 0.731. The van der Waals surface area contributed by atoms with Crippen molar-refractivity contribution in [2.75, 3.05) is 5.32 Å². The molecule has 2 aromatic rings. The largest absolute Gasteiger partial charge is 0.376 e. The molecule has 0 unspecified atom stereocenters. The van der Waals surface area contributed by atoms with E-state index in [4.69, 9.17) is 0 Å². The smallest absolute Gasteiger partial charge is 0.125 e. The van der Waals surface area contributed by atoms with Gasteiger partial charge in [-0.05, 0) is 26.8 Å². The fourth-order valence-corrected chi connectivity index (χ4v) is 1.81. The molecule has 0 aliphatic carbocycles. The van der Waals surface area contributed by atoms with Gasteiger partial charge in [0.15, 0.2) is 0 Å². The molecule has 1 N–H and O–H groups in total. The Labute approximate surface area is 101 Å². The maximum absolute atomic E-state index is 4.36. The average molecular weight is 231 g/mol. The number of hydrogen-bond acceptors (Lipinski definition) is 4. The number of nitrogens with zero attached hydrogens (tertiary/aromatic N) is 4. The summed E-state index contributed by atoms with van der Waals surface area (Å²) in [6.45, 7) is 6.63. The second kappa shape index (κ2) is 4.53. The molecular formula is C12H17N5. The van der Waals surface area contributed by atoms with Crippen molar-refractivity contribution in [2.45, 2.75) is 27.3 Å². The zero-order chi connectivity index (χ0) is 12.4. The van der Waals surface area contributed by atoms with Crippen LogP contribution in [-0.4, -0.2) is 19.7 Å². The molecule has 0 amide bonds. The quantitative estimate of drug-likeness (QED) is 0.874. The summed E-state index contributed by atoms with van der Waals surface area (Å²) >= 11 is 0. The third-order valence-electron chi connectivity index (χ3n) is 2.79. The molecular weight excluding hydrogens is 214 g/mol. The third kappa shape index (κ3) is 2.43. The summed E-state index contributed by atoms with van der Waals surface area (Å²) in [5, 5.41) is 7.73. The monoisotopic (exact) mass is 231 g/mol. The molecule has 0 aromatic carbocycles. The van der Waals surface area contributed by atoms with Crippen molar-refractivity contribution >= 4 is 5.69 Å². The highest BCUT2D eigenvalue weighted by atomic mass is 15.3. The molecule has 0 atom stereocenters. The molecule has 0 aliphatic rings. The lowest BCUT2D eigenvalue weighted by atomic mass is 10.3. The Morgan fingerprint density at radius 1 is 1.29 bits per heavy atom. The predicted octanol–water partition coefficient (Wildman–Crippen LogP) is 1.75. The van der Waals surface area contributed by atoms with E-state index in [2.05, 4.69) is 20.4 Å². The molecule has 0 saturated carbocycles. The van der Waals surface area contributed by atoms with Gasteiger partial charge < -0.3 is 5.32 Å². The Balaban J connectivity index is 2.12. The summed E-state index contributed by atoms with van der Waals surface area (Å²) in [6, 6.07) is 1.92. The number of aryl methyl sites for hydroxylation is 3. The highest BCUT2D eigenvalue weighted by Gasteiger charge is 2.08. The topological polar surface area (TPSA) is 55.6 Å². The van der Waals surface area contributed by atoms with Gasteiger partial charge in [-0.15, -0.1) is 0 Å². The van der Waals surface area contributed by atoms with E-state index < -0.39 is 0 Å². The fraction of sp³-hybridized carbons (Fsp3) is 0.417. The molecule has 90 valence electrons. The van der Waals surface area contributed by atoms with Crippen LogP contribution in [0.3, 0.4) is 0 Å². The minimum atomic E-state index is 0.691. The molecule has 0 bridgehead atoms. The van der Waals surface area contributed by atoms with Crippen LogP contribution in [0.1, 0.15) is 22.9 Å². The van der Waals surface area contributed by atoms with Crippen molar-refractivity contribution in [3.63, 3.8) is 0 Å². The Bertz CT molecular complexity index is 530. The van der Waals surface area contributed by atoms with Crippen molar-refractivity contribution in [3.8, 4) is 0 Å². The third-order valence-corrected chi connectivity index (χ3v) is 2.79. The maximum Gasteiger partial charge on any atom is 0.125 e. The number of aromatic nitrogens is 4. The van der Waals surface area contributed by atoms with Crippen LogP contribution in [0.5, 0.6) is 0 Å². The Morgan fingerprint density at radius 3 is 2.65 bits per heavy atom. The molecule has 17 heavy (non-hydrogen) atoms. The van der Waals surface area contributed by atoms with Crippen LogP contribution >= 0.6 is 0 Å². The van der Waals surface area contributed by atoms with Gasteiger partial charge in [-0.3, -0.25) is 4.68 Å². The molecule has 0 aliphatic heterocycles. The second-order valence-corrected chi connectivity index (χ2v) is 4.12. The van der Waals surface area contributed by atoms with Crippen LogP contribution in [0.25, 0.3) is 0 Å². The van der Waals surface area contributed by atoms with E-state index >= 15 is 0 Å². The van der Waals surface area contributed by atoms with Crippen LogP contribution < -0.4 is 5.32 Å². The summed E-state index contributed by atoms with van der Waals surface area (Å²) < 4.78 is 1.88. The van der Waals surface area contributed by atoms with Crippen LogP contribution in [-0.2, 0) is 13.6 Å². The van der Waals surface area contributed by atoms with Gasteiger partial charge in [0.25, 0.3) is 0 Å². The summed E-state index contributed by atoms with van der Waals surface area (Å²) in [6.07, 6.45) is 1.78. The molecule has 0 spiro atoms. The molecule has 5 heteroatoms. The standard InChI is InChI=1S/C12H17N5/c1-8-12(9(2)17(4)16-8)14-7-11-5-6-13-10(3)15-11/h5-6,14H,7H2,1-4H3. The number of rotatable bonds is 3. The van der Waals surface area contributed by atoms with Crippen LogP contribution in [0.4, 0.5) is 5.69 Å². The number of nitrogens with one attached hydrogen (secondary N) is 1. The van der Waals surface area contributed by atoms with Crippen molar-refractivity contribution < 1.29 is 0 Å². The maximum atomic E-state index is 4.36. The van der Waals surface area contributed by atoms with E-state index in [0.29, 0.717) is 6.54 Å². The minimum absolute atomic E-state index is 0.691. The van der Waals surface area contributed by atoms with Crippen molar-refractivity contribution in [2.24, 2.45) is 7.05 Å². The first-order valence-corrected chi connectivity index (χ1v) is 5.60. The van der Waals surface area contributed by atoms with E-state index in [1.807, 2.05) is 38.6 Å². The molecule has 0 radical (unpaired) electrons. The molecule has 2 heterocycles. The van der Waals surface area contributed by atoms with Gasteiger partial charge in [-0.1, -0.05) is 0 Å². The molecule has 2 aromatic heterocycles. The molecule has 0 saturated heterocycles. The molecule has 0 fully saturated rings. The first-order valence-electron chi connectivity index (χ1n) is 5.60. The van der Waals surface area contributed by atoms with Crippen molar-refractivity contribution in [1.82, 2.24) is 19.7 Å². The molecule has 2 rings (SSSR count). The Hall–Kier alpha value is -1.91. The normalized spacial score (nSPS) is 10.6. The fourth-order valence-electron chi connectivity index (χ4n) is 1.81. The zero-order valence-electron chi connectivity index (χ0n) is 10.7. The van der Waals surface area contributed by atoms with Gasteiger partial charge in [0.1, 0.15) is 5.82 Å². The summed E-state index contributed by atoms with van der Waals surface area (Å²) in [5.74, 6) is 0.795. The number of anilines is 1. The van der Waals surface area contributed by atoms with Crippen LogP contribution in [0.15, 0.2) is 12.3 Å². The lowest BCUT2D eigenvalue weighted by Gasteiger charge is -2.06. The zero-order valence-corrected chi connectivity index (χ0v) is 10.7. The summed E-state index contributed by atoms with van der Waals surface area (Å²) in [4.78, 5) is 8.43. The van der Waals surface area contributed by atoms with E-state index in [9.17, 15) is 0 Å². The predicted molar refractivity (Wildman–Crippen MR) is 66.8 cm³/mol. The average Bonchev–Trinajstić information content (AvgIpc) is 2.51. The van der Waals surface area contributed by atoms with Crippen LogP contribution in [0, 0.1) is 20.8 Å². The molecule has 5 nitrogen and oxygen atoms in total. The van der Waals surface area contributed by atoms with E-state index in [1.165, 1.54) is 0 Å². The number of hydrogen-bond donors (Lipinski definition) is 1. The van der Waals surface area contributed by atoms with Gasteiger partial charge in [-0.2, -0.15) is 5.10 Å². The minimum Gasteiger partial charge on any atom is -0.376 e. The van der Waals surface area contributed by atoms with E-state index in [1.54, 1.807) is 6.20 Å². The van der Waals surface area contributed by atoms with Crippen molar-refractivity contribution in [1.29, 1.82) is 0 Å². The highest BCUT2D eigenvalue weighted by molar-refractivity contribution is 5.52. The van der Waals surface area contributed by atoms with E-state index in [-0.39, 0.29) is 0 Å². The SMILES string of the molecule is Cc1nccc(CNc2c(C)nn(C)c2C)n1. The van der Waals surface area contributed by atoms with Gasteiger partial charge in [0.05, 0.1) is 29.3 Å². The van der Waals surface area contributed by atoms with Crippen LogP contribution in [0.2, 0.25) is 0 Å². The van der Waals surface area contributed by atoms with Gasteiger partial charge in [0, 0.05) is 13.2 Å². The summed E-state index contributed by atoms with van der Waals surface area (Å²) in [5.41, 5.74) is 4.22. The first-order chi connectivity index (χ1) is 8.08. The summed E-state index contributed by atoms with van der Waals surface area (Å²) in [7, 11) is 1.95. The lowest BCUT2D eigenvalue weighted by Crippen LogP contribution is -2.04. The van der Waals surface area contributed by atoms with E-state index in [0.717, 1.165) is 28.6 Å². The van der Waals surface area contributed by atoms with Gasteiger partial charge in [0.2, 0.25) is 0 Å². The van der Waals surface area contributed by atoms with Gasteiger partial charge in [-0.25, -0.2) is 9.97 Å². The van der Waals surface area contributed by atoms with Gasteiger partial charge >= 0.3 is 0 Å².